The Morgan fingerprint density at radius 1 is 1.14 bits per heavy atom. The van der Waals surface area contributed by atoms with Gasteiger partial charge in [-0.1, -0.05) is 6.07 Å². The van der Waals surface area contributed by atoms with Gasteiger partial charge in [-0.25, -0.2) is 10.8 Å². The van der Waals surface area contributed by atoms with Gasteiger partial charge in [0.1, 0.15) is 23.7 Å². The molecule has 4 N–H and O–H groups in total. The maximum atomic E-state index is 12.0. The van der Waals surface area contributed by atoms with Crippen LogP contribution in [-0.2, 0) is 0 Å². The van der Waals surface area contributed by atoms with Crippen molar-refractivity contribution in [3.63, 3.8) is 0 Å². The lowest BCUT2D eigenvalue weighted by Gasteiger charge is -2.06. The zero-order valence-electron chi connectivity index (χ0n) is 10.8. The smallest absolute Gasteiger partial charge is 0.274 e. The van der Waals surface area contributed by atoms with Crippen LogP contribution < -0.4 is 16.6 Å². The molecule has 0 unspecified atom stereocenters. The number of aromatic nitrogens is 1. The molecule has 7 heteroatoms. The molecule has 0 atom stereocenters. The minimum Gasteiger partial charge on any atom is -0.321 e. The van der Waals surface area contributed by atoms with E-state index in [2.05, 4.69) is 15.7 Å². The van der Waals surface area contributed by atoms with Crippen molar-refractivity contribution in [3.8, 4) is 12.1 Å². The van der Waals surface area contributed by atoms with Gasteiger partial charge in [0.2, 0.25) is 0 Å². The largest absolute Gasteiger partial charge is 0.321 e. The zero-order valence-corrected chi connectivity index (χ0v) is 10.8. The number of carbonyl (C=O) groups excluding carboxylic acids is 1. The van der Waals surface area contributed by atoms with Crippen LogP contribution in [-0.4, -0.2) is 10.9 Å². The van der Waals surface area contributed by atoms with Crippen LogP contribution in [0.25, 0.3) is 0 Å². The summed E-state index contributed by atoms with van der Waals surface area (Å²) in [5, 5.41) is 20.4. The summed E-state index contributed by atoms with van der Waals surface area (Å²) >= 11 is 0. The van der Waals surface area contributed by atoms with Gasteiger partial charge in [-0.3, -0.25) is 4.79 Å². The fourth-order valence-corrected chi connectivity index (χ4v) is 1.65. The van der Waals surface area contributed by atoms with Crippen LogP contribution >= 0.6 is 0 Å². The van der Waals surface area contributed by atoms with Crippen LogP contribution in [0.4, 0.5) is 11.5 Å². The molecule has 2 aromatic rings. The highest BCUT2D eigenvalue weighted by molar-refractivity contribution is 6.03. The Balaban J connectivity index is 2.24. The van der Waals surface area contributed by atoms with Crippen LogP contribution in [0.2, 0.25) is 0 Å². The summed E-state index contributed by atoms with van der Waals surface area (Å²) in [6.45, 7) is 0. The van der Waals surface area contributed by atoms with Crippen LogP contribution in [0, 0.1) is 22.7 Å². The maximum Gasteiger partial charge on any atom is 0.274 e. The molecule has 21 heavy (non-hydrogen) atoms. The van der Waals surface area contributed by atoms with E-state index in [1.807, 2.05) is 12.1 Å². The van der Waals surface area contributed by atoms with Gasteiger partial charge in [0, 0.05) is 5.69 Å². The summed E-state index contributed by atoms with van der Waals surface area (Å²) in [7, 11) is 0. The number of nitrogens with one attached hydrogen (secondary N) is 2. The number of benzene rings is 1. The summed E-state index contributed by atoms with van der Waals surface area (Å²) in [6, 6.07) is 13.0. The highest BCUT2D eigenvalue weighted by Gasteiger charge is 2.10. The second kappa shape index (κ2) is 6.15. The highest BCUT2D eigenvalue weighted by Crippen LogP contribution is 2.15. The number of nitriles is 2. The number of rotatable bonds is 3. The van der Waals surface area contributed by atoms with Gasteiger partial charge < -0.3 is 10.7 Å². The Bertz CT molecular complexity index is 772. The van der Waals surface area contributed by atoms with Gasteiger partial charge in [-0.15, -0.1) is 0 Å². The highest BCUT2D eigenvalue weighted by atomic mass is 16.1. The average Bonchev–Trinajstić information content (AvgIpc) is 2.54. The molecule has 1 aromatic heterocycles. The number of pyridine rings is 1. The predicted molar refractivity (Wildman–Crippen MR) is 75.9 cm³/mol. The van der Waals surface area contributed by atoms with Crippen molar-refractivity contribution < 1.29 is 4.79 Å². The molecule has 102 valence electrons. The van der Waals surface area contributed by atoms with Crippen molar-refractivity contribution in [1.82, 2.24) is 4.98 Å². The summed E-state index contributed by atoms with van der Waals surface area (Å²) < 4.78 is 0. The van der Waals surface area contributed by atoms with E-state index < -0.39 is 5.91 Å². The third-order valence-electron chi connectivity index (χ3n) is 2.65. The van der Waals surface area contributed by atoms with Gasteiger partial charge in [0.05, 0.1) is 11.1 Å². The van der Waals surface area contributed by atoms with Gasteiger partial charge >= 0.3 is 0 Å². The molecule has 0 bridgehead atoms. The lowest BCUT2D eigenvalue weighted by Crippen LogP contribution is -2.16. The van der Waals surface area contributed by atoms with E-state index in [0.29, 0.717) is 11.5 Å². The summed E-state index contributed by atoms with van der Waals surface area (Å²) in [4.78, 5) is 16.0. The van der Waals surface area contributed by atoms with Gasteiger partial charge in [0.15, 0.2) is 0 Å². The van der Waals surface area contributed by atoms with E-state index >= 15 is 0 Å². The van der Waals surface area contributed by atoms with E-state index in [1.165, 1.54) is 18.2 Å². The molecule has 7 nitrogen and oxygen atoms in total. The first-order valence-corrected chi connectivity index (χ1v) is 5.87. The Labute approximate surface area is 120 Å². The Morgan fingerprint density at radius 2 is 1.90 bits per heavy atom. The number of hydrogen-bond donors (Lipinski definition) is 3. The van der Waals surface area contributed by atoms with E-state index in [9.17, 15) is 4.79 Å². The van der Waals surface area contributed by atoms with E-state index in [4.69, 9.17) is 16.4 Å². The molecule has 0 spiro atoms. The molecule has 0 saturated heterocycles. The number of carbonyl (C=O) groups is 1. The summed E-state index contributed by atoms with van der Waals surface area (Å²) in [6.07, 6.45) is 0. The molecule has 0 saturated carbocycles. The van der Waals surface area contributed by atoms with Gasteiger partial charge in [-0.05, 0) is 30.3 Å². The van der Waals surface area contributed by atoms with Crippen molar-refractivity contribution in [1.29, 1.82) is 10.5 Å². The monoisotopic (exact) mass is 278 g/mol. The molecule has 1 amide bonds. The average molecular weight is 278 g/mol. The lowest BCUT2D eigenvalue weighted by atomic mass is 10.1. The summed E-state index contributed by atoms with van der Waals surface area (Å²) in [5.41, 5.74) is 3.38. The second-order valence-corrected chi connectivity index (χ2v) is 3.99. The second-order valence-electron chi connectivity index (χ2n) is 3.99. The Hall–Kier alpha value is -3.42. The molecular formula is C14H10N6O. The fraction of sp³-hybridized carbons (Fsp3) is 0. The van der Waals surface area contributed by atoms with Crippen LogP contribution in [0.3, 0.4) is 0 Å². The maximum absolute atomic E-state index is 12.0. The van der Waals surface area contributed by atoms with Gasteiger partial charge in [0.25, 0.3) is 5.91 Å². The number of anilines is 2. The quantitative estimate of drug-likeness (QED) is 0.574. The number of hydrazine groups is 1. The van der Waals surface area contributed by atoms with Gasteiger partial charge in [-0.2, -0.15) is 10.5 Å². The van der Waals surface area contributed by atoms with Crippen LogP contribution in [0.1, 0.15) is 21.6 Å². The first-order valence-electron chi connectivity index (χ1n) is 5.87. The third kappa shape index (κ3) is 3.13. The predicted octanol–water partition coefficient (Wildman–Crippen LogP) is 1.36. The van der Waals surface area contributed by atoms with Crippen LogP contribution in [0.15, 0.2) is 36.4 Å². The van der Waals surface area contributed by atoms with Crippen molar-refractivity contribution >= 4 is 17.4 Å². The minimum atomic E-state index is -0.444. The first-order chi connectivity index (χ1) is 10.2. The molecule has 0 fully saturated rings. The topological polar surface area (TPSA) is 128 Å². The third-order valence-corrected chi connectivity index (χ3v) is 2.65. The van der Waals surface area contributed by atoms with Crippen molar-refractivity contribution in [3.05, 3.63) is 53.2 Å². The Kier molecular flexibility index (Phi) is 4.10. The van der Waals surface area contributed by atoms with Crippen molar-refractivity contribution in [2.75, 3.05) is 10.7 Å². The van der Waals surface area contributed by atoms with Crippen molar-refractivity contribution in [2.24, 2.45) is 5.84 Å². The summed E-state index contributed by atoms with van der Waals surface area (Å²) in [5.74, 6) is 5.15. The SMILES string of the molecule is N#Cc1ccc(NC(=O)c2cccc(NN)n2)cc1C#N. The number of hydrogen-bond acceptors (Lipinski definition) is 6. The Morgan fingerprint density at radius 3 is 2.57 bits per heavy atom. The van der Waals surface area contributed by atoms with Crippen molar-refractivity contribution in [2.45, 2.75) is 0 Å². The number of amides is 1. The van der Waals surface area contributed by atoms with Crippen LogP contribution in [0.5, 0.6) is 0 Å². The zero-order chi connectivity index (χ0) is 15.2. The molecule has 0 radical (unpaired) electrons. The fourth-order valence-electron chi connectivity index (χ4n) is 1.65. The normalized spacial score (nSPS) is 9.29. The molecule has 1 heterocycles. The molecular weight excluding hydrogens is 268 g/mol. The minimum absolute atomic E-state index is 0.174. The number of nitrogens with two attached hydrogens (primary N) is 1. The van der Waals surface area contributed by atoms with E-state index in [-0.39, 0.29) is 16.8 Å². The molecule has 0 aliphatic carbocycles. The molecule has 2 rings (SSSR count). The number of nitrogens with zero attached hydrogens (tertiary/aromatic N) is 3. The first kappa shape index (κ1) is 14.0. The standard InChI is InChI=1S/C14H10N6O/c15-7-9-4-5-11(6-10(9)8-16)18-14(21)12-2-1-3-13(19-12)20-17/h1-6H,17H2,(H,18,21)(H,19,20). The van der Waals surface area contributed by atoms with E-state index in [0.717, 1.165) is 0 Å². The van der Waals surface area contributed by atoms with E-state index in [1.54, 1.807) is 18.2 Å². The molecule has 1 aromatic carbocycles. The number of nitrogen functional groups attached to an aromatic ring is 1. The molecule has 0 aliphatic heterocycles. The lowest BCUT2D eigenvalue weighted by molar-refractivity contribution is 0.102. The molecule has 0 aliphatic rings.